The molecule has 76 valence electrons. The zero-order valence-corrected chi connectivity index (χ0v) is 9.17. The van der Waals surface area contributed by atoms with Crippen LogP contribution in [0.3, 0.4) is 0 Å². The summed E-state index contributed by atoms with van der Waals surface area (Å²) in [5.41, 5.74) is 4.38. The number of likely N-dealkylation sites (N-methyl/N-ethyl adjacent to an activating group) is 1. The zero-order chi connectivity index (χ0) is 10.1. The minimum Gasteiger partial charge on any atom is -0.371 e. The Morgan fingerprint density at radius 1 is 1.50 bits per heavy atom. The summed E-state index contributed by atoms with van der Waals surface area (Å²) in [4.78, 5) is 2.37. The average molecular weight is 190 g/mol. The van der Waals surface area contributed by atoms with Crippen molar-refractivity contribution in [2.75, 3.05) is 19.0 Å². The van der Waals surface area contributed by atoms with Crippen LogP contribution in [0.4, 0.5) is 5.69 Å². The van der Waals surface area contributed by atoms with E-state index in [0.29, 0.717) is 6.04 Å². The largest absolute Gasteiger partial charge is 0.371 e. The molecule has 0 saturated carbocycles. The van der Waals surface area contributed by atoms with Crippen molar-refractivity contribution in [2.24, 2.45) is 0 Å². The molecule has 0 bridgehead atoms. The van der Waals surface area contributed by atoms with E-state index in [1.165, 1.54) is 23.2 Å². The maximum absolute atomic E-state index is 3.22. The lowest BCUT2D eigenvalue weighted by atomic mass is 10.0. The van der Waals surface area contributed by atoms with Crippen molar-refractivity contribution in [3.63, 3.8) is 0 Å². The van der Waals surface area contributed by atoms with Gasteiger partial charge >= 0.3 is 0 Å². The number of rotatable bonds is 2. The third kappa shape index (κ3) is 1.40. The van der Waals surface area contributed by atoms with Gasteiger partial charge in [-0.05, 0) is 37.6 Å². The molecular weight excluding hydrogens is 172 g/mol. The van der Waals surface area contributed by atoms with Gasteiger partial charge in [-0.25, -0.2) is 0 Å². The number of benzene rings is 1. The van der Waals surface area contributed by atoms with Gasteiger partial charge in [0.05, 0.1) is 0 Å². The van der Waals surface area contributed by atoms with Crippen molar-refractivity contribution in [2.45, 2.75) is 25.9 Å². The number of hydrogen-bond acceptors (Lipinski definition) is 2. The first-order valence-electron chi connectivity index (χ1n) is 5.22. The van der Waals surface area contributed by atoms with E-state index in [4.69, 9.17) is 0 Å². The summed E-state index contributed by atoms with van der Waals surface area (Å²) in [5.74, 6) is 0. The van der Waals surface area contributed by atoms with E-state index in [2.05, 4.69) is 42.4 Å². The van der Waals surface area contributed by atoms with Gasteiger partial charge in [0.15, 0.2) is 0 Å². The zero-order valence-electron chi connectivity index (χ0n) is 9.17. The first-order valence-corrected chi connectivity index (χ1v) is 5.22. The van der Waals surface area contributed by atoms with E-state index in [9.17, 15) is 0 Å². The lowest BCUT2D eigenvalue weighted by Crippen LogP contribution is -2.23. The van der Waals surface area contributed by atoms with E-state index in [1.54, 1.807) is 0 Å². The van der Waals surface area contributed by atoms with Crippen molar-refractivity contribution in [1.82, 2.24) is 5.32 Å². The van der Waals surface area contributed by atoms with Gasteiger partial charge in [-0.2, -0.15) is 0 Å². The molecule has 1 aromatic carbocycles. The van der Waals surface area contributed by atoms with Crippen LogP contribution in [-0.2, 0) is 13.0 Å². The number of nitrogens with zero attached hydrogens (tertiary/aromatic N) is 1. The first-order chi connectivity index (χ1) is 6.74. The Kier molecular flexibility index (Phi) is 2.46. The highest BCUT2D eigenvalue weighted by Gasteiger charge is 2.24. The second kappa shape index (κ2) is 3.62. The van der Waals surface area contributed by atoms with Crippen LogP contribution in [0.15, 0.2) is 18.2 Å². The number of anilines is 1. The van der Waals surface area contributed by atoms with Gasteiger partial charge in [0.25, 0.3) is 0 Å². The van der Waals surface area contributed by atoms with Crippen LogP contribution >= 0.6 is 0 Å². The van der Waals surface area contributed by atoms with Crippen LogP contribution < -0.4 is 10.2 Å². The second-order valence-corrected chi connectivity index (χ2v) is 4.11. The molecule has 0 saturated heterocycles. The van der Waals surface area contributed by atoms with Crippen LogP contribution in [-0.4, -0.2) is 20.1 Å². The first kappa shape index (κ1) is 9.53. The lowest BCUT2D eigenvalue weighted by Gasteiger charge is -2.18. The average Bonchev–Trinajstić information content (AvgIpc) is 2.46. The molecule has 1 aliphatic heterocycles. The van der Waals surface area contributed by atoms with Crippen molar-refractivity contribution < 1.29 is 0 Å². The third-order valence-electron chi connectivity index (χ3n) is 3.16. The topological polar surface area (TPSA) is 15.3 Å². The van der Waals surface area contributed by atoms with Crippen LogP contribution in [0.5, 0.6) is 0 Å². The van der Waals surface area contributed by atoms with Crippen LogP contribution in [0.1, 0.15) is 18.1 Å². The van der Waals surface area contributed by atoms with E-state index >= 15 is 0 Å². The van der Waals surface area contributed by atoms with E-state index < -0.39 is 0 Å². The van der Waals surface area contributed by atoms with Gasteiger partial charge in [-0.1, -0.05) is 12.1 Å². The van der Waals surface area contributed by atoms with E-state index in [-0.39, 0.29) is 0 Å². The minimum absolute atomic E-state index is 0.642. The SMILES string of the molecule is CNCc1cccc2c1CC(C)N2C. The van der Waals surface area contributed by atoms with Gasteiger partial charge in [0.2, 0.25) is 0 Å². The summed E-state index contributed by atoms with van der Waals surface area (Å²) in [6.07, 6.45) is 1.18. The van der Waals surface area contributed by atoms with Gasteiger partial charge < -0.3 is 10.2 Å². The Balaban J connectivity index is 2.40. The standard InChI is InChI=1S/C12H18N2/c1-9-7-11-10(8-13-2)5-4-6-12(11)14(9)3/h4-6,9,13H,7-8H2,1-3H3. The summed E-state index contributed by atoms with van der Waals surface area (Å²) < 4.78 is 0. The summed E-state index contributed by atoms with van der Waals surface area (Å²) in [5, 5.41) is 3.22. The molecule has 14 heavy (non-hydrogen) atoms. The molecule has 2 nitrogen and oxygen atoms in total. The second-order valence-electron chi connectivity index (χ2n) is 4.11. The maximum atomic E-state index is 3.22. The Hall–Kier alpha value is -1.02. The van der Waals surface area contributed by atoms with Gasteiger partial charge in [0.1, 0.15) is 0 Å². The third-order valence-corrected chi connectivity index (χ3v) is 3.16. The molecule has 1 heterocycles. The van der Waals surface area contributed by atoms with Crippen molar-refractivity contribution in [3.05, 3.63) is 29.3 Å². The minimum atomic E-state index is 0.642. The molecule has 1 N–H and O–H groups in total. The quantitative estimate of drug-likeness (QED) is 0.765. The fourth-order valence-corrected chi connectivity index (χ4v) is 2.21. The fourth-order valence-electron chi connectivity index (χ4n) is 2.21. The van der Waals surface area contributed by atoms with Crippen LogP contribution in [0.25, 0.3) is 0 Å². The van der Waals surface area contributed by atoms with E-state index in [0.717, 1.165) is 6.54 Å². The molecule has 2 rings (SSSR count). The van der Waals surface area contributed by atoms with Crippen molar-refractivity contribution in [1.29, 1.82) is 0 Å². The normalized spacial score (nSPS) is 19.9. The van der Waals surface area contributed by atoms with Crippen molar-refractivity contribution >= 4 is 5.69 Å². The van der Waals surface area contributed by atoms with Gasteiger partial charge in [-0.3, -0.25) is 0 Å². The van der Waals surface area contributed by atoms with Gasteiger partial charge in [-0.15, -0.1) is 0 Å². The predicted molar refractivity (Wildman–Crippen MR) is 60.8 cm³/mol. The summed E-state index contributed by atoms with van der Waals surface area (Å²) in [7, 11) is 4.18. The molecule has 1 unspecified atom stereocenters. The Morgan fingerprint density at radius 2 is 2.29 bits per heavy atom. The number of nitrogens with one attached hydrogen (secondary N) is 1. The molecule has 2 heteroatoms. The van der Waals surface area contributed by atoms with Crippen LogP contribution in [0.2, 0.25) is 0 Å². The molecule has 0 amide bonds. The number of fused-ring (bicyclic) bond motifs is 1. The maximum Gasteiger partial charge on any atom is 0.0402 e. The van der Waals surface area contributed by atoms with Crippen LogP contribution in [0, 0.1) is 0 Å². The fraction of sp³-hybridized carbons (Fsp3) is 0.500. The van der Waals surface area contributed by atoms with E-state index in [1.807, 2.05) is 7.05 Å². The molecular formula is C12H18N2. The molecule has 1 atom stereocenters. The predicted octanol–water partition coefficient (Wildman–Crippen LogP) is 1.79. The van der Waals surface area contributed by atoms with Gasteiger partial charge in [0, 0.05) is 25.3 Å². The molecule has 1 aromatic rings. The highest BCUT2D eigenvalue weighted by molar-refractivity contribution is 5.61. The molecule has 0 spiro atoms. The lowest BCUT2D eigenvalue weighted by molar-refractivity contribution is 0.725. The summed E-state index contributed by atoms with van der Waals surface area (Å²) in [6, 6.07) is 7.24. The molecule has 0 aliphatic carbocycles. The molecule has 1 aliphatic rings. The highest BCUT2D eigenvalue weighted by atomic mass is 15.1. The summed E-state index contributed by atoms with van der Waals surface area (Å²) >= 11 is 0. The van der Waals surface area contributed by atoms with Crippen molar-refractivity contribution in [3.8, 4) is 0 Å². The number of hydrogen-bond donors (Lipinski definition) is 1. The molecule has 0 fully saturated rings. The smallest absolute Gasteiger partial charge is 0.0402 e. The Morgan fingerprint density at radius 3 is 3.00 bits per heavy atom. The Labute approximate surface area is 85.9 Å². The molecule has 0 aromatic heterocycles. The Bertz CT molecular complexity index is 333. The summed E-state index contributed by atoms with van der Waals surface area (Å²) in [6.45, 7) is 3.26. The monoisotopic (exact) mass is 190 g/mol. The molecule has 0 radical (unpaired) electrons. The highest BCUT2D eigenvalue weighted by Crippen LogP contribution is 2.32.